The molecule has 12 aromatic rings. The second-order valence-electron chi connectivity index (χ2n) is 19.5. The van der Waals surface area contributed by atoms with Gasteiger partial charge in [-0.2, -0.15) is 0 Å². The van der Waals surface area contributed by atoms with E-state index in [-0.39, 0.29) is 5.41 Å². The van der Waals surface area contributed by atoms with Crippen molar-refractivity contribution in [3.05, 3.63) is 282 Å². The van der Waals surface area contributed by atoms with E-state index in [1.54, 1.807) is 0 Å². The molecule has 1 heterocycles. The fourth-order valence-corrected chi connectivity index (χ4v) is 12.4. The largest absolute Gasteiger partial charge is 0.455 e. The summed E-state index contributed by atoms with van der Waals surface area (Å²) in [6.07, 6.45) is 0. The molecule has 0 atom stereocenters. The van der Waals surface area contributed by atoms with Crippen molar-refractivity contribution in [1.29, 1.82) is 0 Å². The van der Waals surface area contributed by atoms with Crippen molar-refractivity contribution in [1.82, 2.24) is 0 Å². The number of benzene rings is 11. The molecule has 0 saturated heterocycles. The van der Waals surface area contributed by atoms with Crippen LogP contribution in [0, 0.1) is 0 Å². The van der Waals surface area contributed by atoms with Crippen molar-refractivity contribution in [3.63, 3.8) is 0 Å². The minimum Gasteiger partial charge on any atom is -0.455 e. The molecule has 330 valence electrons. The van der Waals surface area contributed by atoms with Gasteiger partial charge in [0.1, 0.15) is 11.2 Å². The summed E-state index contributed by atoms with van der Waals surface area (Å²) in [4.78, 5) is 2.51. The van der Waals surface area contributed by atoms with Crippen molar-refractivity contribution in [2.45, 2.75) is 24.7 Å². The minimum absolute atomic E-state index is 0.206. The lowest BCUT2D eigenvalue weighted by Crippen LogP contribution is -2.28. The normalized spacial score (nSPS) is 13.8. The first-order valence-corrected chi connectivity index (χ1v) is 24.4. The summed E-state index contributed by atoms with van der Waals surface area (Å²) in [7, 11) is 0. The Bertz CT molecular complexity index is 3970. The summed E-state index contributed by atoms with van der Waals surface area (Å²) >= 11 is 0. The van der Waals surface area contributed by atoms with Crippen LogP contribution >= 0.6 is 0 Å². The Balaban J connectivity index is 1.08. The summed E-state index contributed by atoms with van der Waals surface area (Å²) in [5.41, 5.74) is 21.4. The molecule has 70 heavy (non-hydrogen) atoms. The van der Waals surface area contributed by atoms with Gasteiger partial charge in [0.15, 0.2) is 0 Å². The van der Waals surface area contributed by atoms with E-state index in [9.17, 15) is 0 Å². The molecule has 2 aliphatic rings. The van der Waals surface area contributed by atoms with E-state index in [1.165, 1.54) is 77.5 Å². The second-order valence-corrected chi connectivity index (χ2v) is 19.5. The molecule has 11 aromatic carbocycles. The summed E-state index contributed by atoms with van der Waals surface area (Å²) in [5.74, 6) is 0. The lowest BCUT2D eigenvalue weighted by molar-refractivity contribution is 0.660. The molecule has 0 radical (unpaired) electrons. The van der Waals surface area contributed by atoms with E-state index in [0.717, 1.165) is 50.1 Å². The maximum Gasteiger partial charge on any atom is 0.145 e. The predicted molar refractivity (Wildman–Crippen MR) is 292 cm³/mol. The van der Waals surface area contributed by atoms with Crippen molar-refractivity contribution in [3.8, 4) is 44.5 Å². The zero-order valence-electron chi connectivity index (χ0n) is 39.0. The molecule has 0 N–H and O–H groups in total. The van der Waals surface area contributed by atoms with Gasteiger partial charge in [0.25, 0.3) is 0 Å². The minimum atomic E-state index is -0.572. The molecular formula is C68H47NO. The number of fused-ring (bicyclic) bond motifs is 11. The molecule has 14 rings (SSSR count). The van der Waals surface area contributed by atoms with Gasteiger partial charge < -0.3 is 9.32 Å². The topological polar surface area (TPSA) is 16.4 Å². The summed E-state index contributed by atoms with van der Waals surface area (Å²) in [5, 5.41) is 4.61. The Morgan fingerprint density at radius 2 is 0.900 bits per heavy atom. The van der Waals surface area contributed by atoms with E-state index in [2.05, 4.69) is 267 Å². The first-order chi connectivity index (χ1) is 34.5. The van der Waals surface area contributed by atoms with E-state index in [0.29, 0.717) is 0 Å². The maximum absolute atomic E-state index is 7.21. The highest BCUT2D eigenvalue weighted by Gasteiger charge is 2.46. The molecule has 0 aliphatic heterocycles. The van der Waals surface area contributed by atoms with Gasteiger partial charge in [0.05, 0.1) is 11.1 Å². The quantitative estimate of drug-likeness (QED) is 0.158. The molecule has 0 amide bonds. The number of rotatable bonds is 7. The third-order valence-electron chi connectivity index (χ3n) is 15.6. The summed E-state index contributed by atoms with van der Waals surface area (Å²) in [6.45, 7) is 4.74. The number of hydrogen-bond acceptors (Lipinski definition) is 2. The van der Waals surface area contributed by atoms with Crippen molar-refractivity contribution >= 4 is 49.8 Å². The Labute approximate surface area is 408 Å². The average Bonchev–Trinajstić information content (AvgIpc) is 4.03. The fraction of sp³-hybridized carbons (Fsp3) is 0.0588. The van der Waals surface area contributed by atoms with Crippen LogP contribution < -0.4 is 4.90 Å². The van der Waals surface area contributed by atoms with Crippen LogP contribution in [0.4, 0.5) is 17.1 Å². The highest BCUT2D eigenvalue weighted by Crippen LogP contribution is 2.58. The Hall–Kier alpha value is -8.72. The Morgan fingerprint density at radius 3 is 1.60 bits per heavy atom. The van der Waals surface area contributed by atoms with Gasteiger partial charge in [-0.05, 0) is 126 Å². The molecule has 0 spiro atoms. The fourth-order valence-electron chi connectivity index (χ4n) is 12.4. The molecular weight excluding hydrogens is 847 g/mol. The molecule has 0 unspecified atom stereocenters. The van der Waals surface area contributed by atoms with Gasteiger partial charge in [-0.15, -0.1) is 0 Å². The number of furan rings is 1. The van der Waals surface area contributed by atoms with Gasteiger partial charge in [-0.3, -0.25) is 0 Å². The lowest BCUT2D eigenvalue weighted by Gasteiger charge is -2.35. The van der Waals surface area contributed by atoms with Crippen LogP contribution in [0.15, 0.2) is 253 Å². The summed E-state index contributed by atoms with van der Waals surface area (Å²) in [6, 6.07) is 91.8. The van der Waals surface area contributed by atoms with Crippen LogP contribution in [0.25, 0.3) is 77.2 Å². The molecule has 0 fully saturated rings. The molecule has 2 nitrogen and oxygen atoms in total. The van der Waals surface area contributed by atoms with E-state index in [4.69, 9.17) is 4.42 Å². The monoisotopic (exact) mass is 893 g/mol. The van der Waals surface area contributed by atoms with Gasteiger partial charge in [-0.25, -0.2) is 0 Å². The van der Waals surface area contributed by atoms with Crippen LogP contribution in [-0.4, -0.2) is 0 Å². The molecule has 0 bridgehead atoms. The molecule has 1 aromatic heterocycles. The van der Waals surface area contributed by atoms with Gasteiger partial charge in [0, 0.05) is 33.1 Å². The number of anilines is 3. The highest BCUT2D eigenvalue weighted by molar-refractivity contribution is 6.22. The molecule has 2 aliphatic carbocycles. The average molecular weight is 894 g/mol. The Morgan fingerprint density at radius 1 is 0.371 bits per heavy atom. The molecule has 2 heteroatoms. The van der Waals surface area contributed by atoms with Crippen molar-refractivity contribution in [2.24, 2.45) is 0 Å². The SMILES string of the molecule is CC1(C)c2ccccc2-c2ccc(N(c3ccc4c(c3)C(c3ccccc3)(c3ccccc3)c3ccccc3-4)c3ccc4c(oc5ccc6ccccc6c54)c3-c3ccc(-c4ccccc4)cc3)cc21. The van der Waals surface area contributed by atoms with Gasteiger partial charge in [0.2, 0.25) is 0 Å². The first-order valence-electron chi connectivity index (χ1n) is 24.4. The highest BCUT2D eigenvalue weighted by atomic mass is 16.3. The zero-order valence-corrected chi connectivity index (χ0v) is 39.0. The third kappa shape index (κ3) is 5.80. The Kier molecular flexibility index (Phi) is 8.88. The number of hydrogen-bond donors (Lipinski definition) is 0. The number of nitrogens with zero attached hydrogens (tertiary/aromatic N) is 1. The van der Waals surface area contributed by atoms with Crippen molar-refractivity contribution < 1.29 is 4.42 Å². The van der Waals surface area contributed by atoms with Crippen LogP contribution in [0.5, 0.6) is 0 Å². The zero-order chi connectivity index (χ0) is 46.6. The van der Waals surface area contributed by atoms with Crippen LogP contribution in [0.3, 0.4) is 0 Å². The summed E-state index contributed by atoms with van der Waals surface area (Å²) < 4.78 is 7.21. The predicted octanol–water partition coefficient (Wildman–Crippen LogP) is 18.2. The van der Waals surface area contributed by atoms with E-state index in [1.807, 2.05) is 0 Å². The van der Waals surface area contributed by atoms with E-state index < -0.39 is 5.41 Å². The van der Waals surface area contributed by atoms with Crippen molar-refractivity contribution in [2.75, 3.05) is 4.90 Å². The van der Waals surface area contributed by atoms with E-state index >= 15 is 0 Å². The molecule has 0 saturated carbocycles. The smallest absolute Gasteiger partial charge is 0.145 e. The van der Waals surface area contributed by atoms with Gasteiger partial charge in [-0.1, -0.05) is 220 Å². The van der Waals surface area contributed by atoms with Crippen LogP contribution in [0.1, 0.15) is 47.2 Å². The van der Waals surface area contributed by atoms with Crippen LogP contribution in [0.2, 0.25) is 0 Å². The third-order valence-corrected chi connectivity index (χ3v) is 15.6. The lowest BCUT2D eigenvalue weighted by atomic mass is 9.67. The van der Waals surface area contributed by atoms with Crippen LogP contribution in [-0.2, 0) is 10.8 Å². The first kappa shape index (κ1) is 40.4. The maximum atomic E-state index is 7.21. The van der Waals surface area contributed by atoms with Gasteiger partial charge >= 0.3 is 0 Å². The second kappa shape index (κ2) is 15.4. The standard InChI is InChI=1S/C68H47NO/c1-67(2)58-28-16-14-26-53(58)55-37-35-50(42-60(55)67)69(51-36-38-56-54-27-15-17-29-59(54)68(61(56)43-51,48-21-8-4-9-22-48)49-23-10-5-11-24-49)62-40-39-57-65-52-25-13-12-20-46(52)34-41-63(65)70-66(57)64(62)47-32-30-45(31-33-47)44-18-6-3-7-19-44/h3-43H,1-2H3.